The standard InChI is InChI=1S/C16H23NO3/c1-11-5-7-13(8-6-11)16(18)12(2)17-9-14(19-3)15(10-17)20-4/h5-8,12,14-15H,9-10H2,1-4H3. The maximum absolute atomic E-state index is 12.5. The minimum absolute atomic E-state index is 0.0354. The van der Waals surface area contributed by atoms with Crippen LogP contribution in [0.2, 0.25) is 0 Å². The molecule has 4 nitrogen and oxygen atoms in total. The van der Waals surface area contributed by atoms with Crippen molar-refractivity contribution in [1.29, 1.82) is 0 Å². The number of ketones is 1. The van der Waals surface area contributed by atoms with Gasteiger partial charge in [0.2, 0.25) is 0 Å². The van der Waals surface area contributed by atoms with E-state index in [1.807, 2.05) is 38.1 Å². The van der Waals surface area contributed by atoms with E-state index in [0.717, 1.165) is 24.2 Å². The Morgan fingerprint density at radius 3 is 2.10 bits per heavy atom. The molecular formula is C16H23NO3. The van der Waals surface area contributed by atoms with Crippen LogP contribution in [0.3, 0.4) is 0 Å². The van der Waals surface area contributed by atoms with Gasteiger partial charge in [-0.3, -0.25) is 9.69 Å². The highest BCUT2D eigenvalue weighted by Gasteiger charge is 2.37. The number of carbonyl (C=O) groups excluding carboxylic acids is 1. The number of aryl methyl sites for hydroxylation is 1. The van der Waals surface area contributed by atoms with Crippen molar-refractivity contribution in [3.63, 3.8) is 0 Å². The number of Topliss-reactive ketones (excluding diaryl/α,β-unsaturated/α-hetero) is 1. The lowest BCUT2D eigenvalue weighted by Crippen LogP contribution is -2.38. The maximum Gasteiger partial charge on any atom is 0.179 e. The fourth-order valence-corrected chi connectivity index (χ4v) is 2.67. The third-order valence-electron chi connectivity index (χ3n) is 4.11. The second-order valence-electron chi connectivity index (χ2n) is 5.41. The van der Waals surface area contributed by atoms with Crippen LogP contribution in [-0.4, -0.2) is 56.2 Å². The lowest BCUT2D eigenvalue weighted by Gasteiger charge is -2.22. The second kappa shape index (κ2) is 6.48. The zero-order chi connectivity index (χ0) is 14.7. The number of benzene rings is 1. The monoisotopic (exact) mass is 277 g/mol. The van der Waals surface area contributed by atoms with Crippen LogP contribution in [0.1, 0.15) is 22.8 Å². The largest absolute Gasteiger partial charge is 0.377 e. The lowest BCUT2D eigenvalue weighted by molar-refractivity contribution is -0.00461. The van der Waals surface area contributed by atoms with E-state index in [9.17, 15) is 4.79 Å². The van der Waals surface area contributed by atoms with Gasteiger partial charge in [0, 0.05) is 32.9 Å². The minimum atomic E-state index is -0.157. The van der Waals surface area contributed by atoms with Crippen LogP contribution in [-0.2, 0) is 9.47 Å². The summed E-state index contributed by atoms with van der Waals surface area (Å²) in [6, 6.07) is 7.58. The van der Waals surface area contributed by atoms with Gasteiger partial charge in [-0.2, -0.15) is 0 Å². The zero-order valence-electron chi connectivity index (χ0n) is 12.6. The molecule has 1 saturated heterocycles. The van der Waals surface area contributed by atoms with Crippen molar-refractivity contribution in [3.8, 4) is 0 Å². The average Bonchev–Trinajstić information content (AvgIpc) is 2.89. The highest BCUT2D eigenvalue weighted by atomic mass is 16.5. The molecule has 0 amide bonds. The van der Waals surface area contributed by atoms with Crippen molar-refractivity contribution < 1.29 is 14.3 Å². The average molecular weight is 277 g/mol. The molecule has 2 rings (SSSR count). The first-order valence-corrected chi connectivity index (χ1v) is 6.97. The Balaban J connectivity index is 2.06. The number of methoxy groups -OCH3 is 2. The van der Waals surface area contributed by atoms with E-state index in [0.29, 0.717) is 0 Å². The van der Waals surface area contributed by atoms with Gasteiger partial charge in [0.25, 0.3) is 0 Å². The first-order valence-electron chi connectivity index (χ1n) is 6.97. The molecule has 1 fully saturated rings. The Bertz CT molecular complexity index is 445. The normalized spacial score (nSPS) is 24.8. The molecule has 110 valence electrons. The zero-order valence-corrected chi connectivity index (χ0v) is 12.6. The minimum Gasteiger partial charge on any atom is -0.377 e. The van der Waals surface area contributed by atoms with Gasteiger partial charge in [-0.25, -0.2) is 0 Å². The van der Waals surface area contributed by atoms with E-state index in [2.05, 4.69) is 4.90 Å². The summed E-state index contributed by atoms with van der Waals surface area (Å²) in [6.45, 7) is 5.43. The summed E-state index contributed by atoms with van der Waals surface area (Å²) in [4.78, 5) is 14.6. The number of nitrogens with zero attached hydrogens (tertiary/aromatic N) is 1. The van der Waals surface area contributed by atoms with Crippen LogP contribution >= 0.6 is 0 Å². The van der Waals surface area contributed by atoms with E-state index >= 15 is 0 Å². The van der Waals surface area contributed by atoms with Crippen LogP contribution in [0.5, 0.6) is 0 Å². The molecule has 3 atom stereocenters. The topological polar surface area (TPSA) is 38.8 Å². The smallest absolute Gasteiger partial charge is 0.179 e. The van der Waals surface area contributed by atoms with Gasteiger partial charge in [0.15, 0.2) is 5.78 Å². The Morgan fingerprint density at radius 1 is 1.15 bits per heavy atom. The predicted octanol–water partition coefficient (Wildman–Crippen LogP) is 1.91. The first-order chi connectivity index (χ1) is 9.56. The summed E-state index contributed by atoms with van der Waals surface area (Å²) >= 11 is 0. The molecule has 1 heterocycles. The Labute approximate surface area is 120 Å². The third kappa shape index (κ3) is 3.08. The Kier molecular flexibility index (Phi) is 4.91. The van der Waals surface area contributed by atoms with Crippen LogP contribution in [0.15, 0.2) is 24.3 Å². The number of hydrogen-bond acceptors (Lipinski definition) is 4. The van der Waals surface area contributed by atoms with Crippen LogP contribution in [0, 0.1) is 6.92 Å². The summed E-state index contributed by atoms with van der Waals surface area (Å²) < 4.78 is 10.8. The van der Waals surface area contributed by atoms with Gasteiger partial charge in [0.1, 0.15) is 0 Å². The summed E-state index contributed by atoms with van der Waals surface area (Å²) in [5.74, 6) is 0.150. The molecule has 1 aliphatic heterocycles. The molecule has 0 aliphatic carbocycles. The van der Waals surface area contributed by atoms with Crippen LogP contribution in [0.4, 0.5) is 0 Å². The van der Waals surface area contributed by atoms with Crippen molar-refractivity contribution in [1.82, 2.24) is 4.90 Å². The van der Waals surface area contributed by atoms with E-state index in [-0.39, 0.29) is 24.0 Å². The van der Waals surface area contributed by atoms with Crippen molar-refractivity contribution in [2.45, 2.75) is 32.1 Å². The van der Waals surface area contributed by atoms with Crippen LogP contribution in [0.25, 0.3) is 0 Å². The highest BCUT2D eigenvalue weighted by Crippen LogP contribution is 2.20. The summed E-state index contributed by atoms with van der Waals surface area (Å²) in [5, 5.41) is 0. The molecule has 0 saturated carbocycles. The lowest BCUT2D eigenvalue weighted by atomic mass is 10.0. The van der Waals surface area contributed by atoms with E-state index < -0.39 is 0 Å². The maximum atomic E-state index is 12.5. The van der Waals surface area contributed by atoms with E-state index in [4.69, 9.17) is 9.47 Å². The molecule has 0 N–H and O–H groups in total. The molecule has 1 aromatic carbocycles. The molecule has 1 aliphatic rings. The molecule has 3 unspecified atom stereocenters. The number of carbonyl (C=O) groups is 1. The molecule has 20 heavy (non-hydrogen) atoms. The highest BCUT2D eigenvalue weighted by molar-refractivity contribution is 5.99. The molecule has 0 aromatic heterocycles. The molecular weight excluding hydrogens is 254 g/mol. The molecule has 0 radical (unpaired) electrons. The first kappa shape index (κ1) is 15.2. The molecule has 0 spiro atoms. The molecule has 0 bridgehead atoms. The van der Waals surface area contributed by atoms with Crippen molar-refractivity contribution in [2.24, 2.45) is 0 Å². The molecule has 4 heteroatoms. The Hall–Kier alpha value is -1.23. The van der Waals surface area contributed by atoms with Crippen LogP contribution < -0.4 is 0 Å². The molecule has 1 aromatic rings. The van der Waals surface area contributed by atoms with E-state index in [1.165, 1.54) is 0 Å². The van der Waals surface area contributed by atoms with Gasteiger partial charge in [0.05, 0.1) is 18.2 Å². The Morgan fingerprint density at radius 2 is 1.65 bits per heavy atom. The summed E-state index contributed by atoms with van der Waals surface area (Å²) in [6.07, 6.45) is 0.0709. The fraction of sp³-hybridized carbons (Fsp3) is 0.562. The van der Waals surface area contributed by atoms with Crippen molar-refractivity contribution >= 4 is 5.78 Å². The van der Waals surface area contributed by atoms with Crippen molar-refractivity contribution in [3.05, 3.63) is 35.4 Å². The van der Waals surface area contributed by atoms with Crippen molar-refractivity contribution in [2.75, 3.05) is 27.3 Å². The van der Waals surface area contributed by atoms with Gasteiger partial charge in [-0.1, -0.05) is 29.8 Å². The number of hydrogen-bond donors (Lipinski definition) is 0. The summed E-state index contributed by atoms with van der Waals surface area (Å²) in [7, 11) is 3.37. The third-order valence-corrected chi connectivity index (χ3v) is 4.11. The van der Waals surface area contributed by atoms with Gasteiger partial charge in [-0.05, 0) is 13.8 Å². The SMILES string of the molecule is COC1CN(C(C)C(=O)c2ccc(C)cc2)CC1OC. The van der Waals surface area contributed by atoms with Gasteiger partial charge < -0.3 is 9.47 Å². The number of likely N-dealkylation sites (tertiary alicyclic amines) is 1. The fourth-order valence-electron chi connectivity index (χ4n) is 2.67. The second-order valence-corrected chi connectivity index (χ2v) is 5.41. The van der Waals surface area contributed by atoms with Gasteiger partial charge in [-0.15, -0.1) is 0 Å². The summed E-state index contributed by atoms with van der Waals surface area (Å²) in [5.41, 5.74) is 1.92. The van der Waals surface area contributed by atoms with Gasteiger partial charge >= 0.3 is 0 Å². The quantitative estimate of drug-likeness (QED) is 0.771. The number of rotatable bonds is 5. The van der Waals surface area contributed by atoms with E-state index in [1.54, 1.807) is 14.2 Å². The predicted molar refractivity (Wildman–Crippen MR) is 78.1 cm³/mol. The number of ether oxygens (including phenoxy) is 2.